The Bertz CT molecular complexity index is 739. The van der Waals surface area contributed by atoms with Crippen LogP contribution in [-0.4, -0.2) is 12.0 Å². The smallest absolute Gasteiger partial charge is 0.342 e. The molecule has 0 spiro atoms. The third-order valence-electron chi connectivity index (χ3n) is 4.75. The van der Waals surface area contributed by atoms with E-state index in [-0.39, 0.29) is 5.92 Å². The second kappa shape index (κ2) is 11.3. The molecule has 3 N–H and O–H groups in total. The average molecular weight is 381 g/mol. The zero-order valence-electron chi connectivity index (χ0n) is 17.0. The van der Waals surface area contributed by atoms with Gasteiger partial charge in [0.25, 0.3) is 0 Å². The van der Waals surface area contributed by atoms with E-state index in [0.29, 0.717) is 12.1 Å². The van der Waals surface area contributed by atoms with Gasteiger partial charge in [0.2, 0.25) is 0 Å². The van der Waals surface area contributed by atoms with Crippen molar-refractivity contribution in [1.82, 2.24) is 5.48 Å². The van der Waals surface area contributed by atoms with Gasteiger partial charge < -0.3 is 10.6 Å². The lowest BCUT2D eigenvalue weighted by Gasteiger charge is -2.15. The van der Waals surface area contributed by atoms with Gasteiger partial charge in [-0.3, -0.25) is 0 Å². The van der Waals surface area contributed by atoms with E-state index in [2.05, 4.69) is 66.7 Å². The van der Waals surface area contributed by atoms with Gasteiger partial charge in [-0.2, -0.15) is 0 Å². The molecule has 0 heterocycles. The van der Waals surface area contributed by atoms with Gasteiger partial charge in [-0.1, -0.05) is 75.0 Å². The van der Waals surface area contributed by atoms with Crippen LogP contribution in [0.25, 0.3) is 0 Å². The first-order valence-electron chi connectivity index (χ1n) is 9.97. The summed E-state index contributed by atoms with van der Waals surface area (Å²) in [5.74, 6) is -0.440. The lowest BCUT2D eigenvalue weighted by Crippen LogP contribution is -2.39. The van der Waals surface area contributed by atoms with Crippen LogP contribution in [0.15, 0.2) is 66.9 Å². The van der Waals surface area contributed by atoms with Crippen LogP contribution in [-0.2, 0) is 28.9 Å². The lowest BCUT2D eigenvalue weighted by molar-refractivity contribution is -0.152. The Kier molecular flexibility index (Phi) is 8.76. The number of nitrogens with one attached hydrogen (secondary N) is 1. The number of unbranched alkanes of at least 4 members (excludes halogenated alkanes) is 1. The number of allylic oxidation sites excluding steroid dienone is 1. The Labute approximate surface area is 168 Å². The highest BCUT2D eigenvalue weighted by molar-refractivity contribution is 5.75. The maximum absolute atomic E-state index is 11.8. The van der Waals surface area contributed by atoms with E-state index in [4.69, 9.17) is 10.6 Å². The predicted octanol–water partition coefficient (Wildman–Crippen LogP) is 4.34. The van der Waals surface area contributed by atoms with E-state index in [1.807, 2.05) is 13.8 Å². The second-order valence-corrected chi connectivity index (χ2v) is 7.58. The van der Waals surface area contributed by atoms with Crippen molar-refractivity contribution in [2.45, 2.75) is 52.0 Å². The maximum Gasteiger partial charge on any atom is 0.348 e. The SMILES string of the molecule is C=C(Cc1ccc(CCCCc2ccccc2)cc1)NOC(=O)[C@@H](N)C(C)C. The fourth-order valence-electron chi connectivity index (χ4n) is 2.87. The third-order valence-corrected chi connectivity index (χ3v) is 4.75. The van der Waals surface area contributed by atoms with E-state index in [1.165, 1.54) is 24.0 Å². The van der Waals surface area contributed by atoms with Crippen molar-refractivity contribution in [3.8, 4) is 0 Å². The molecule has 0 unspecified atom stereocenters. The minimum atomic E-state index is -0.638. The Morgan fingerprint density at radius 1 is 0.964 bits per heavy atom. The van der Waals surface area contributed by atoms with Crippen LogP contribution in [0.1, 0.15) is 43.4 Å². The molecule has 2 aromatic rings. The van der Waals surface area contributed by atoms with Crippen LogP contribution in [0.3, 0.4) is 0 Å². The molecule has 0 aliphatic heterocycles. The molecule has 150 valence electrons. The standard InChI is InChI=1S/C24H32N2O2/c1-18(2)23(25)24(27)28-26-19(3)17-22-15-13-21(14-16-22)12-8-7-11-20-9-5-4-6-10-20/h4-6,9-10,13-16,18,23,26H,3,7-8,11-12,17,25H2,1-2H3/t23-/m0/s1. The number of hydrogen-bond donors (Lipinski definition) is 2. The summed E-state index contributed by atoms with van der Waals surface area (Å²) >= 11 is 0. The molecule has 0 amide bonds. The fourth-order valence-corrected chi connectivity index (χ4v) is 2.87. The van der Waals surface area contributed by atoms with Crippen LogP contribution < -0.4 is 11.2 Å². The summed E-state index contributed by atoms with van der Waals surface area (Å²) in [4.78, 5) is 16.8. The normalized spacial score (nSPS) is 11.9. The number of rotatable bonds is 11. The molecule has 28 heavy (non-hydrogen) atoms. The molecule has 2 aromatic carbocycles. The monoisotopic (exact) mass is 380 g/mol. The quantitative estimate of drug-likeness (QED) is 0.450. The number of aryl methyl sites for hydroxylation is 2. The molecule has 4 nitrogen and oxygen atoms in total. The Morgan fingerprint density at radius 2 is 1.50 bits per heavy atom. The van der Waals surface area contributed by atoms with Gasteiger partial charge in [-0.15, -0.1) is 0 Å². The number of carbonyl (C=O) groups excluding carboxylic acids is 1. The number of hydrogen-bond acceptors (Lipinski definition) is 4. The third kappa shape index (κ3) is 7.57. The van der Waals surface area contributed by atoms with Crippen LogP contribution in [0.4, 0.5) is 0 Å². The molecule has 0 fully saturated rings. The number of hydroxylamine groups is 1. The molecule has 0 aliphatic rings. The van der Waals surface area contributed by atoms with Gasteiger partial charge >= 0.3 is 5.97 Å². The fraction of sp³-hybridized carbons (Fsp3) is 0.375. The topological polar surface area (TPSA) is 64.3 Å². The molecule has 4 heteroatoms. The van der Waals surface area contributed by atoms with Crippen LogP contribution >= 0.6 is 0 Å². The van der Waals surface area contributed by atoms with Crippen molar-refractivity contribution in [2.75, 3.05) is 0 Å². The number of carbonyl (C=O) groups is 1. The first kappa shape index (κ1) is 21.7. The summed E-state index contributed by atoms with van der Waals surface area (Å²) in [5, 5.41) is 0. The van der Waals surface area contributed by atoms with E-state index < -0.39 is 12.0 Å². The first-order valence-corrected chi connectivity index (χ1v) is 9.97. The minimum absolute atomic E-state index is 0.0304. The van der Waals surface area contributed by atoms with Gasteiger partial charge in [-0.25, -0.2) is 10.3 Å². The number of nitrogens with two attached hydrogens (primary N) is 1. The summed E-state index contributed by atoms with van der Waals surface area (Å²) in [6.45, 7) is 7.67. The predicted molar refractivity (Wildman–Crippen MR) is 114 cm³/mol. The largest absolute Gasteiger partial charge is 0.348 e. The van der Waals surface area contributed by atoms with Gasteiger partial charge in [-0.05, 0) is 48.3 Å². The van der Waals surface area contributed by atoms with Crippen molar-refractivity contribution in [3.63, 3.8) is 0 Å². The molecule has 0 saturated carbocycles. The minimum Gasteiger partial charge on any atom is -0.342 e. The Hall–Kier alpha value is -2.59. The second-order valence-electron chi connectivity index (χ2n) is 7.58. The van der Waals surface area contributed by atoms with Gasteiger partial charge in [0.1, 0.15) is 6.04 Å². The van der Waals surface area contributed by atoms with E-state index in [1.54, 1.807) is 0 Å². The van der Waals surface area contributed by atoms with Crippen LogP contribution in [0.5, 0.6) is 0 Å². The molecule has 2 rings (SSSR count). The van der Waals surface area contributed by atoms with Gasteiger partial charge in [0, 0.05) is 12.1 Å². The average Bonchev–Trinajstić information content (AvgIpc) is 2.70. The zero-order chi connectivity index (χ0) is 20.4. The number of benzene rings is 2. The summed E-state index contributed by atoms with van der Waals surface area (Å²) in [7, 11) is 0. The first-order chi connectivity index (χ1) is 13.5. The van der Waals surface area contributed by atoms with Crippen molar-refractivity contribution in [1.29, 1.82) is 0 Å². The molecule has 1 atom stereocenters. The molecular formula is C24H32N2O2. The van der Waals surface area contributed by atoms with E-state index in [0.717, 1.165) is 18.4 Å². The molecule has 0 aliphatic carbocycles. The molecule has 0 saturated heterocycles. The highest BCUT2D eigenvalue weighted by Gasteiger charge is 2.19. The van der Waals surface area contributed by atoms with Crippen molar-refractivity contribution >= 4 is 5.97 Å². The van der Waals surface area contributed by atoms with Crippen molar-refractivity contribution < 1.29 is 9.63 Å². The zero-order valence-corrected chi connectivity index (χ0v) is 17.0. The van der Waals surface area contributed by atoms with Crippen molar-refractivity contribution in [3.05, 3.63) is 83.6 Å². The van der Waals surface area contributed by atoms with Gasteiger partial charge in [0.15, 0.2) is 0 Å². The molecule has 0 bridgehead atoms. The van der Waals surface area contributed by atoms with Crippen LogP contribution in [0, 0.1) is 5.92 Å². The summed E-state index contributed by atoms with van der Waals surface area (Å²) in [6.07, 6.45) is 5.17. The molecule has 0 radical (unpaired) electrons. The summed E-state index contributed by atoms with van der Waals surface area (Å²) in [5.41, 5.74) is 12.9. The van der Waals surface area contributed by atoms with E-state index in [9.17, 15) is 4.79 Å². The molecular weight excluding hydrogens is 348 g/mol. The van der Waals surface area contributed by atoms with E-state index >= 15 is 0 Å². The van der Waals surface area contributed by atoms with Gasteiger partial charge in [0.05, 0.1) is 0 Å². The summed E-state index contributed by atoms with van der Waals surface area (Å²) in [6, 6.07) is 18.5. The maximum atomic E-state index is 11.8. The Morgan fingerprint density at radius 3 is 2.07 bits per heavy atom. The van der Waals surface area contributed by atoms with Crippen LogP contribution in [0.2, 0.25) is 0 Å². The molecule has 0 aromatic heterocycles. The summed E-state index contributed by atoms with van der Waals surface area (Å²) < 4.78 is 0. The Balaban J connectivity index is 1.68. The van der Waals surface area contributed by atoms with Crippen molar-refractivity contribution in [2.24, 2.45) is 11.7 Å². The lowest BCUT2D eigenvalue weighted by atomic mass is 10.0. The highest BCUT2D eigenvalue weighted by Crippen LogP contribution is 2.12. The highest BCUT2D eigenvalue weighted by atomic mass is 16.7.